The zero-order chi connectivity index (χ0) is 13.2. The summed E-state index contributed by atoms with van der Waals surface area (Å²) >= 11 is 0. The van der Waals surface area contributed by atoms with Crippen molar-refractivity contribution in [2.75, 3.05) is 7.05 Å². The first-order valence-electron chi connectivity index (χ1n) is 5.58. The first-order chi connectivity index (χ1) is 7.74. The van der Waals surface area contributed by atoms with Gasteiger partial charge in [-0.25, -0.2) is 5.01 Å². The van der Waals surface area contributed by atoms with Crippen molar-refractivity contribution in [1.82, 2.24) is 10.3 Å². The maximum atomic E-state index is 11.9. The largest absolute Gasteiger partial charge is 0.391 e. The highest BCUT2D eigenvalue weighted by Crippen LogP contribution is 2.11. The summed E-state index contributed by atoms with van der Waals surface area (Å²) in [5, 5.41) is 17.3. The number of nitrogens with zero attached hydrogens (tertiary/aromatic N) is 2. The Morgan fingerprint density at radius 1 is 1.53 bits per heavy atom. The molecule has 0 aliphatic carbocycles. The summed E-state index contributed by atoms with van der Waals surface area (Å²) in [5.41, 5.74) is -0.402. The number of hydrazone groups is 1. The van der Waals surface area contributed by atoms with Gasteiger partial charge in [-0.05, 0) is 20.8 Å². The molecule has 2 amide bonds. The van der Waals surface area contributed by atoms with E-state index in [4.69, 9.17) is 0 Å². The zero-order valence-electron chi connectivity index (χ0n) is 10.6. The molecule has 0 saturated carbocycles. The normalized spacial score (nSPS) is 18.8. The van der Waals surface area contributed by atoms with Crippen molar-refractivity contribution in [2.45, 2.75) is 45.3 Å². The van der Waals surface area contributed by atoms with Crippen LogP contribution >= 0.6 is 0 Å². The van der Waals surface area contributed by atoms with Crippen molar-refractivity contribution in [1.29, 1.82) is 0 Å². The number of hydrogen-bond acceptors (Lipinski definition) is 4. The summed E-state index contributed by atoms with van der Waals surface area (Å²) in [7, 11) is 1.52. The maximum absolute atomic E-state index is 11.9. The lowest BCUT2D eigenvalue weighted by molar-refractivity contribution is -0.130. The van der Waals surface area contributed by atoms with Crippen molar-refractivity contribution in [3.63, 3.8) is 0 Å². The van der Waals surface area contributed by atoms with E-state index in [0.717, 1.165) is 0 Å². The molecule has 1 unspecified atom stereocenters. The lowest BCUT2D eigenvalue weighted by Crippen LogP contribution is -2.53. The molecule has 0 radical (unpaired) electrons. The van der Waals surface area contributed by atoms with E-state index in [1.165, 1.54) is 12.1 Å². The van der Waals surface area contributed by atoms with Gasteiger partial charge in [-0.15, -0.1) is 0 Å². The van der Waals surface area contributed by atoms with Gasteiger partial charge in [-0.1, -0.05) is 0 Å². The number of amides is 2. The fraction of sp³-hybridized carbons (Fsp3) is 0.727. The van der Waals surface area contributed by atoms with Gasteiger partial charge < -0.3 is 10.4 Å². The molecule has 2 N–H and O–H groups in total. The average Bonchev–Trinajstić information content (AvgIpc) is 2.21. The van der Waals surface area contributed by atoms with Crippen molar-refractivity contribution in [3.8, 4) is 0 Å². The minimum atomic E-state index is -0.723. The molecule has 0 saturated heterocycles. The van der Waals surface area contributed by atoms with Crippen LogP contribution in [0.5, 0.6) is 0 Å². The van der Waals surface area contributed by atoms with E-state index >= 15 is 0 Å². The summed E-state index contributed by atoms with van der Waals surface area (Å²) in [6.07, 6.45) is -0.0436. The summed E-state index contributed by atoms with van der Waals surface area (Å²) in [4.78, 5) is 23.1. The Labute approximate surface area is 101 Å². The van der Waals surface area contributed by atoms with Gasteiger partial charge in [0.25, 0.3) is 5.91 Å². The summed E-state index contributed by atoms with van der Waals surface area (Å²) in [6.45, 7) is 5.07. The molecule has 0 bridgehead atoms. The first kappa shape index (κ1) is 13.6. The third-order valence-corrected chi connectivity index (χ3v) is 2.95. The highest BCUT2D eigenvalue weighted by molar-refractivity contribution is 6.39. The third-order valence-electron chi connectivity index (χ3n) is 2.95. The molecule has 0 spiro atoms. The Kier molecular flexibility index (Phi) is 3.87. The Morgan fingerprint density at radius 3 is 2.59 bits per heavy atom. The second-order valence-electron chi connectivity index (χ2n) is 4.82. The van der Waals surface area contributed by atoms with Gasteiger partial charge in [0.05, 0.1) is 11.6 Å². The van der Waals surface area contributed by atoms with E-state index in [9.17, 15) is 14.7 Å². The molecule has 1 aliphatic rings. The Morgan fingerprint density at radius 2 is 2.12 bits per heavy atom. The van der Waals surface area contributed by atoms with Gasteiger partial charge in [-0.2, -0.15) is 5.10 Å². The van der Waals surface area contributed by atoms with E-state index in [1.807, 2.05) is 0 Å². The molecule has 0 aromatic rings. The van der Waals surface area contributed by atoms with Crippen LogP contribution in [0.25, 0.3) is 0 Å². The molecule has 1 rings (SSSR count). The second-order valence-corrected chi connectivity index (χ2v) is 4.82. The monoisotopic (exact) mass is 241 g/mol. The fourth-order valence-corrected chi connectivity index (χ4v) is 1.30. The van der Waals surface area contributed by atoms with Crippen molar-refractivity contribution >= 4 is 17.5 Å². The molecule has 1 heterocycles. The first-order valence-corrected chi connectivity index (χ1v) is 5.58. The zero-order valence-corrected chi connectivity index (χ0v) is 10.6. The summed E-state index contributed by atoms with van der Waals surface area (Å²) in [5.74, 6) is -0.438. The molecule has 1 aliphatic heterocycles. The van der Waals surface area contributed by atoms with Crippen molar-refractivity contribution in [2.24, 2.45) is 5.10 Å². The van der Waals surface area contributed by atoms with Gasteiger partial charge in [0.1, 0.15) is 5.71 Å². The standard InChI is InChI=1S/C11H19N3O3/c1-7(15)11(2,3)12-10(17)8-5-6-9(16)14(4)13-8/h7,15H,5-6H2,1-4H3,(H,12,17). The SMILES string of the molecule is CC(O)C(C)(C)NC(=O)C1=NN(C)C(=O)CC1. The number of aliphatic hydroxyl groups is 1. The van der Waals surface area contributed by atoms with Crippen LogP contribution in [-0.2, 0) is 9.59 Å². The molecular formula is C11H19N3O3. The molecular weight excluding hydrogens is 222 g/mol. The van der Waals surface area contributed by atoms with Crippen LogP contribution in [0.4, 0.5) is 0 Å². The predicted octanol–water partition coefficient (Wildman–Crippen LogP) is -0.130. The van der Waals surface area contributed by atoms with Gasteiger partial charge in [-0.3, -0.25) is 9.59 Å². The van der Waals surface area contributed by atoms with Gasteiger partial charge in [0.2, 0.25) is 5.91 Å². The number of carbonyl (C=O) groups excluding carboxylic acids is 2. The van der Waals surface area contributed by atoms with Crippen LogP contribution < -0.4 is 5.32 Å². The number of nitrogens with one attached hydrogen (secondary N) is 1. The predicted molar refractivity (Wildman–Crippen MR) is 63.3 cm³/mol. The Balaban J connectivity index is 2.72. The summed E-state index contributed by atoms with van der Waals surface area (Å²) < 4.78 is 0. The minimum absolute atomic E-state index is 0.101. The Hall–Kier alpha value is -1.43. The molecule has 6 heteroatoms. The number of hydrogen-bond donors (Lipinski definition) is 2. The van der Waals surface area contributed by atoms with E-state index in [-0.39, 0.29) is 18.2 Å². The van der Waals surface area contributed by atoms with Crippen LogP contribution in [-0.4, -0.2) is 46.3 Å². The maximum Gasteiger partial charge on any atom is 0.268 e. The molecule has 96 valence electrons. The quantitative estimate of drug-likeness (QED) is 0.722. The van der Waals surface area contributed by atoms with E-state index in [1.54, 1.807) is 20.8 Å². The molecule has 0 fully saturated rings. The topological polar surface area (TPSA) is 82.0 Å². The summed E-state index contributed by atoms with van der Waals surface area (Å²) in [6, 6.07) is 0. The van der Waals surface area contributed by atoms with Gasteiger partial charge >= 0.3 is 0 Å². The molecule has 0 aromatic carbocycles. The highest BCUT2D eigenvalue weighted by Gasteiger charge is 2.29. The van der Waals surface area contributed by atoms with E-state index in [2.05, 4.69) is 10.4 Å². The van der Waals surface area contributed by atoms with Gasteiger partial charge in [0.15, 0.2) is 0 Å². The van der Waals surface area contributed by atoms with Crippen LogP contribution in [0.1, 0.15) is 33.6 Å². The smallest absolute Gasteiger partial charge is 0.268 e. The molecule has 1 atom stereocenters. The van der Waals surface area contributed by atoms with Gasteiger partial charge in [0, 0.05) is 19.9 Å². The van der Waals surface area contributed by atoms with Crippen LogP contribution in [0, 0.1) is 0 Å². The van der Waals surface area contributed by atoms with Crippen LogP contribution in [0.15, 0.2) is 5.10 Å². The van der Waals surface area contributed by atoms with Crippen molar-refractivity contribution in [3.05, 3.63) is 0 Å². The number of aliphatic hydroxyl groups excluding tert-OH is 1. The minimum Gasteiger partial charge on any atom is -0.391 e. The molecule has 0 aromatic heterocycles. The van der Waals surface area contributed by atoms with Crippen LogP contribution in [0.2, 0.25) is 0 Å². The third kappa shape index (κ3) is 3.26. The molecule has 17 heavy (non-hydrogen) atoms. The lowest BCUT2D eigenvalue weighted by Gasteiger charge is -2.30. The van der Waals surface area contributed by atoms with E-state index < -0.39 is 11.6 Å². The van der Waals surface area contributed by atoms with Crippen LogP contribution in [0.3, 0.4) is 0 Å². The second kappa shape index (κ2) is 4.83. The van der Waals surface area contributed by atoms with Crippen molar-refractivity contribution < 1.29 is 14.7 Å². The Bertz CT molecular complexity index is 361. The highest BCUT2D eigenvalue weighted by atomic mass is 16.3. The number of carbonyl (C=O) groups is 2. The molecule has 6 nitrogen and oxygen atoms in total. The number of rotatable bonds is 3. The average molecular weight is 241 g/mol. The lowest BCUT2D eigenvalue weighted by atomic mass is 9.98. The van der Waals surface area contributed by atoms with E-state index in [0.29, 0.717) is 12.1 Å². The fourth-order valence-electron chi connectivity index (χ4n) is 1.30.